The molecule has 18 heavy (non-hydrogen) atoms. The van der Waals surface area contributed by atoms with Gasteiger partial charge >= 0.3 is 0 Å². The molecule has 1 fully saturated rings. The van der Waals surface area contributed by atoms with E-state index in [1.807, 2.05) is 12.1 Å². The van der Waals surface area contributed by atoms with E-state index in [1.54, 1.807) is 0 Å². The van der Waals surface area contributed by atoms with Gasteiger partial charge in [-0.2, -0.15) is 0 Å². The van der Waals surface area contributed by atoms with Crippen molar-refractivity contribution in [2.45, 2.75) is 32.7 Å². The van der Waals surface area contributed by atoms with Crippen LogP contribution in [0.5, 0.6) is 0 Å². The number of halogens is 1. The number of amidine groups is 1. The summed E-state index contributed by atoms with van der Waals surface area (Å²) >= 11 is 3.60. The average molecular weight is 310 g/mol. The van der Waals surface area contributed by atoms with Gasteiger partial charge in [-0.05, 0) is 59.8 Å². The number of hydrogen-bond donors (Lipinski definition) is 2. The molecule has 1 aliphatic heterocycles. The lowest BCUT2D eigenvalue weighted by Crippen LogP contribution is -2.42. The predicted molar refractivity (Wildman–Crippen MR) is 80.4 cm³/mol. The zero-order chi connectivity index (χ0) is 13.3. The molecule has 1 saturated heterocycles. The van der Waals surface area contributed by atoms with Gasteiger partial charge in [0.15, 0.2) is 0 Å². The lowest BCUT2D eigenvalue weighted by molar-refractivity contribution is 0.363. The van der Waals surface area contributed by atoms with Crippen molar-refractivity contribution < 1.29 is 0 Å². The van der Waals surface area contributed by atoms with Crippen LogP contribution in [0.25, 0.3) is 0 Å². The summed E-state index contributed by atoms with van der Waals surface area (Å²) in [6, 6.07) is 6.48. The van der Waals surface area contributed by atoms with E-state index in [2.05, 4.69) is 40.7 Å². The maximum Gasteiger partial charge on any atom is 0.122 e. The van der Waals surface area contributed by atoms with Gasteiger partial charge in [0.05, 0.1) is 5.69 Å². The van der Waals surface area contributed by atoms with Crippen molar-refractivity contribution in [3.05, 3.63) is 28.2 Å². The van der Waals surface area contributed by atoms with Gasteiger partial charge in [0.1, 0.15) is 5.84 Å². The van der Waals surface area contributed by atoms with Crippen LogP contribution in [0.3, 0.4) is 0 Å². The van der Waals surface area contributed by atoms with Crippen molar-refractivity contribution >= 4 is 27.5 Å². The van der Waals surface area contributed by atoms with Gasteiger partial charge < -0.3 is 10.6 Å². The Labute approximate surface area is 117 Å². The summed E-state index contributed by atoms with van der Waals surface area (Å²) in [5.74, 6) is 0.834. The predicted octanol–water partition coefficient (Wildman–Crippen LogP) is 3.36. The first-order valence-electron chi connectivity index (χ1n) is 6.41. The highest BCUT2D eigenvalue weighted by molar-refractivity contribution is 9.10. The molecule has 0 amide bonds. The van der Waals surface area contributed by atoms with E-state index in [0.29, 0.717) is 6.04 Å². The Kier molecular flexibility index (Phi) is 3.95. The Balaban J connectivity index is 2.30. The minimum atomic E-state index is 0.113. The van der Waals surface area contributed by atoms with E-state index in [0.717, 1.165) is 22.5 Å². The van der Waals surface area contributed by atoms with E-state index < -0.39 is 0 Å². The van der Waals surface area contributed by atoms with Crippen molar-refractivity contribution in [1.29, 1.82) is 5.41 Å². The van der Waals surface area contributed by atoms with Crippen LogP contribution < -0.4 is 10.6 Å². The molecule has 1 aromatic rings. The van der Waals surface area contributed by atoms with Gasteiger partial charge in [-0.25, -0.2) is 0 Å². The lowest BCUT2D eigenvalue weighted by atomic mass is 9.91. The standard InChI is InChI=1S/C14H20BrN3/c1-9-4-3-7-18(10(9)2)13-6-5-11(14(16)17)8-12(13)15/h5-6,8-10H,3-4,7H2,1-2H3,(H3,16,17). The van der Waals surface area contributed by atoms with E-state index in [4.69, 9.17) is 11.1 Å². The van der Waals surface area contributed by atoms with Gasteiger partial charge in [0.2, 0.25) is 0 Å². The van der Waals surface area contributed by atoms with Gasteiger partial charge in [-0.15, -0.1) is 0 Å². The van der Waals surface area contributed by atoms with Crippen molar-refractivity contribution in [3.8, 4) is 0 Å². The highest BCUT2D eigenvalue weighted by atomic mass is 79.9. The second-order valence-electron chi connectivity index (χ2n) is 5.13. The van der Waals surface area contributed by atoms with Crippen LogP contribution in [0.4, 0.5) is 5.69 Å². The Hall–Kier alpha value is -1.03. The molecule has 0 aliphatic carbocycles. The van der Waals surface area contributed by atoms with Crippen molar-refractivity contribution in [2.75, 3.05) is 11.4 Å². The normalized spacial score (nSPS) is 24.1. The quantitative estimate of drug-likeness (QED) is 0.650. The maximum atomic E-state index is 7.46. The van der Waals surface area contributed by atoms with Crippen LogP contribution >= 0.6 is 15.9 Å². The molecule has 1 aromatic carbocycles. The first-order chi connectivity index (χ1) is 8.50. The number of rotatable bonds is 2. The molecule has 2 unspecified atom stereocenters. The van der Waals surface area contributed by atoms with Crippen LogP contribution in [0.15, 0.2) is 22.7 Å². The van der Waals surface area contributed by atoms with Crippen LogP contribution in [0.2, 0.25) is 0 Å². The highest BCUT2D eigenvalue weighted by Crippen LogP contribution is 2.33. The van der Waals surface area contributed by atoms with Crippen molar-refractivity contribution in [3.63, 3.8) is 0 Å². The topological polar surface area (TPSA) is 53.1 Å². The number of anilines is 1. The Morgan fingerprint density at radius 3 is 2.78 bits per heavy atom. The summed E-state index contributed by atoms with van der Waals surface area (Å²) in [7, 11) is 0. The number of benzene rings is 1. The molecule has 98 valence electrons. The zero-order valence-corrected chi connectivity index (χ0v) is 12.5. The molecule has 4 heteroatoms. The first kappa shape index (κ1) is 13.4. The molecule has 2 atom stereocenters. The fraction of sp³-hybridized carbons (Fsp3) is 0.500. The monoisotopic (exact) mass is 309 g/mol. The van der Waals surface area contributed by atoms with Gasteiger partial charge in [-0.3, -0.25) is 5.41 Å². The Bertz CT molecular complexity index is 458. The lowest BCUT2D eigenvalue weighted by Gasteiger charge is -2.40. The third-order valence-corrected chi connectivity index (χ3v) is 4.58. The van der Waals surface area contributed by atoms with Crippen LogP contribution in [-0.2, 0) is 0 Å². The summed E-state index contributed by atoms with van der Waals surface area (Å²) in [6.45, 7) is 5.70. The fourth-order valence-corrected chi connectivity index (χ4v) is 3.19. The van der Waals surface area contributed by atoms with Crippen molar-refractivity contribution in [2.24, 2.45) is 11.7 Å². The van der Waals surface area contributed by atoms with E-state index in [1.165, 1.54) is 18.5 Å². The molecule has 3 nitrogen and oxygen atoms in total. The number of piperidine rings is 1. The highest BCUT2D eigenvalue weighted by Gasteiger charge is 2.26. The van der Waals surface area contributed by atoms with Crippen LogP contribution in [-0.4, -0.2) is 18.4 Å². The van der Waals surface area contributed by atoms with Gasteiger partial charge in [0, 0.05) is 22.6 Å². The molecule has 1 aliphatic rings. The minimum Gasteiger partial charge on any atom is -0.384 e. The van der Waals surface area contributed by atoms with E-state index >= 15 is 0 Å². The fourth-order valence-electron chi connectivity index (χ4n) is 2.58. The van der Waals surface area contributed by atoms with Crippen LogP contribution in [0.1, 0.15) is 32.3 Å². The van der Waals surface area contributed by atoms with E-state index in [-0.39, 0.29) is 5.84 Å². The summed E-state index contributed by atoms with van der Waals surface area (Å²) in [5.41, 5.74) is 7.48. The second kappa shape index (κ2) is 5.31. The Morgan fingerprint density at radius 2 is 2.17 bits per heavy atom. The largest absolute Gasteiger partial charge is 0.384 e. The third-order valence-electron chi connectivity index (χ3n) is 3.94. The Morgan fingerprint density at radius 1 is 1.44 bits per heavy atom. The molecule has 0 radical (unpaired) electrons. The van der Waals surface area contributed by atoms with Crippen LogP contribution in [0, 0.1) is 11.3 Å². The number of nitrogens with zero attached hydrogens (tertiary/aromatic N) is 1. The van der Waals surface area contributed by atoms with Gasteiger partial charge in [0.25, 0.3) is 0 Å². The molecule has 0 aromatic heterocycles. The molecule has 1 heterocycles. The molecule has 2 rings (SSSR count). The minimum absolute atomic E-state index is 0.113. The summed E-state index contributed by atoms with van der Waals surface area (Å²) in [4.78, 5) is 2.45. The molecular weight excluding hydrogens is 290 g/mol. The number of nitrogen functional groups attached to an aromatic ring is 1. The maximum absolute atomic E-state index is 7.46. The molecule has 0 bridgehead atoms. The zero-order valence-electron chi connectivity index (χ0n) is 10.9. The SMILES string of the molecule is CC1CCCN(c2ccc(C(=N)N)cc2Br)C1C. The first-order valence-corrected chi connectivity index (χ1v) is 7.20. The molecule has 0 spiro atoms. The van der Waals surface area contributed by atoms with Gasteiger partial charge in [-0.1, -0.05) is 6.92 Å². The molecule has 3 N–H and O–H groups in total. The smallest absolute Gasteiger partial charge is 0.122 e. The summed E-state index contributed by atoms with van der Waals surface area (Å²) in [5, 5.41) is 7.46. The number of nitrogens with two attached hydrogens (primary N) is 1. The molecular formula is C14H20BrN3. The second-order valence-corrected chi connectivity index (χ2v) is 5.99. The van der Waals surface area contributed by atoms with Crippen molar-refractivity contribution in [1.82, 2.24) is 0 Å². The average Bonchev–Trinajstić information content (AvgIpc) is 2.33. The third kappa shape index (κ3) is 2.53. The summed E-state index contributed by atoms with van der Waals surface area (Å²) < 4.78 is 1.02. The van der Waals surface area contributed by atoms with E-state index in [9.17, 15) is 0 Å². The number of hydrogen-bond acceptors (Lipinski definition) is 2. The molecule has 0 saturated carbocycles. The summed E-state index contributed by atoms with van der Waals surface area (Å²) in [6.07, 6.45) is 2.55. The number of nitrogens with one attached hydrogen (secondary N) is 1.